The van der Waals surface area contributed by atoms with E-state index < -0.39 is 27.6 Å². The number of nitrogens with zero attached hydrogens (tertiary/aromatic N) is 1. The predicted octanol–water partition coefficient (Wildman–Crippen LogP) is 4.58. The SMILES string of the molecule is C=CCN1c2ccc(C(=O)Nc3ccc(F)c(F)c3)cc2-c2ccccc2S1(=O)=O. The zero-order valence-electron chi connectivity index (χ0n) is 15.6. The molecule has 0 aromatic heterocycles. The summed E-state index contributed by atoms with van der Waals surface area (Å²) in [5.74, 6) is -2.62. The van der Waals surface area contributed by atoms with Gasteiger partial charge in [0, 0.05) is 28.4 Å². The van der Waals surface area contributed by atoms with Gasteiger partial charge in [-0.05, 0) is 36.4 Å². The second-order valence-corrected chi connectivity index (χ2v) is 8.47. The smallest absolute Gasteiger partial charge is 0.265 e. The number of halogens is 2. The molecule has 0 fully saturated rings. The minimum atomic E-state index is -3.76. The van der Waals surface area contributed by atoms with Gasteiger partial charge < -0.3 is 5.32 Å². The van der Waals surface area contributed by atoms with Crippen LogP contribution in [0.3, 0.4) is 0 Å². The Bertz CT molecular complexity index is 1290. The topological polar surface area (TPSA) is 66.5 Å². The minimum absolute atomic E-state index is 0.0735. The first-order valence-corrected chi connectivity index (χ1v) is 10.4. The molecule has 1 heterocycles. The number of amides is 1. The molecule has 0 bridgehead atoms. The molecule has 1 amide bonds. The van der Waals surface area contributed by atoms with E-state index in [1.165, 1.54) is 28.6 Å². The number of fused-ring (bicyclic) bond motifs is 3. The summed E-state index contributed by atoms with van der Waals surface area (Å²) >= 11 is 0. The fourth-order valence-electron chi connectivity index (χ4n) is 3.36. The molecular weight excluding hydrogens is 410 g/mol. The summed E-state index contributed by atoms with van der Waals surface area (Å²) in [5, 5.41) is 2.52. The largest absolute Gasteiger partial charge is 0.322 e. The lowest BCUT2D eigenvalue weighted by atomic mass is 10.00. The Kier molecular flexibility index (Phi) is 4.87. The first-order valence-electron chi connectivity index (χ1n) is 8.96. The molecular formula is C22H16F2N2O3S. The van der Waals surface area contributed by atoms with Gasteiger partial charge in [0.15, 0.2) is 11.6 Å². The molecule has 0 saturated heterocycles. The summed E-state index contributed by atoms with van der Waals surface area (Å²) in [7, 11) is -3.76. The van der Waals surface area contributed by atoms with E-state index in [1.807, 2.05) is 0 Å². The molecule has 0 unspecified atom stereocenters. The van der Waals surface area contributed by atoms with Crippen LogP contribution in [-0.2, 0) is 10.0 Å². The number of hydrogen-bond acceptors (Lipinski definition) is 3. The molecule has 0 radical (unpaired) electrons. The van der Waals surface area contributed by atoms with Gasteiger partial charge in [0.25, 0.3) is 15.9 Å². The minimum Gasteiger partial charge on any atom is -0.322 e. The third-order valence-electron chi connectivity index (χ3n) is 4.75. The summed E-state index contributed by atoms with van der Waals surface area (Å²) in [6, 6.07) is 14.2. The second-order valence-electron chi connectivity index (χ2n) is 6.64. The van der Waals surface area contributed by atoms with Gasteiger partial charge in [0.2, 0.25) is 0 Å². The number of sulfonamides is 1. The van der Waals surface area contributed by atoms with Crippen molar-refractivity contribution in [3.05, 3.63) is 90.5 Å². The number of rotatable bonds is 4. The van der Waals surface area contributed by atoms with Crippen LogP contribution in [0.25, 0.3) is 11.1 Å². The molecule has 1 aliphatic heterocycles. The molecule has 1 aliphatic rings. The van der Waals surface area contributed by atoms with Crippen molar-refractivity contribution in [2.75, 3.05) is 16.2 Å². The van der Waals surface area contributed by atoms with Gasteiger partial charge in [-0.25, -0.2) is 17.2 Å². The van der Waals surface area contributed by atoms with E-state index >= 15 is 0 Å². The summed E-state index contributed by atoms with van der Waals surface area (Å²) in [6.07, 6.45) is 1.49. The van der Waals surface area contributed by atoms with Crippen LogP contribution in [0, 0.1) is 11.6 Å². The fraction of sp³-hybridized carbons (Fsp3) is 0.0455. The normalized spacial score (nSPS) is 13.9. The van der Waals surface area contributed by atoms with Gasteiger partial charge in [0.1, 0.15) is 0 Å². The van der Waals surface area contributed by atoms with Crippen LogP contribution in [0.15, 0.2) is 78.2 Å². The van der Waals surface area contributed by atoms with Crippen molar-refractivity contribution in [3.63, 3.8) is 0 Å². The average molecular weight is 426 g/mol. The Morgan fingerprint density at radius 1 is 1.00 bits per heavy atom. The zero-order chi connectivity index (χ0) is 21.5. The van der Waals surface area contributed by atoms with Crippen molar-refractivity contribution in [3.8, 4) is 11.1 Å². The highest BCUT2D eigenvalue weighted by atomic mass is 32.2. The molecule has 0 aliphatic carbocycles. The van der Waals surface area contributed by atoms with Crippen LogP contribution in [0.4, 0.5) is 20.2 Å². The molecule has 152 valence electrons. The lowest BCUT2D eigenvalue weighted by Crippen LogP contribution is -2.34. The summed E-state index contributed by atoms with van der Waals surface area (Å²) in [5.41, 5.74) is 1.83. The van der Waals surface area contributed by atoms with Crippen molar-refractivity contribution in [1.29, 1.82) is 0 Å². The quantitative estimate of drug-likeness (QED) is 0.621. The molecule has 3 aromatic rings. The van der Waals surface area contributed by atoms with Crippen LogP contribution in [0.5, 0.6) is 0 Å². The zero-order valence-corrected chi connectivity index (χ0v) is 16.4. The first kappa shape index (κ1) is 19.8. The van der Waals surface area contributed by atoms with Crippen molar-refractivity contribution < 1.29 is 22.0 Å². The molecule has 30 heavy (non-hydrogen) atoms. The van der Waals surface area contributed by atoms with Crippen LogP contribution in [0.1, 0.15) is 10.4 Å². The Morgan fingerprint density at radius 3 is 2.50 bits per heavy atom. The van der Waals surface area contributed by atoms with Crippen molar-refractivity contribution in [2.24, 2.45) is 0 Å². The molecule has 1 N–H and O–H groups in total. The molecule has 0 atom stereocenters. The molecule has 3 aromatic carbocycles. The van der Waals surface area contributed by atoms with Crippen LogP contribution < -0.4 is 9.62 Å². The highest BCUT2D eigenvalue weighted by molar-refractivity contribution is 7.93. The van der Waals surface area contributed by atoms with Gasteiger partial charge in [-0.3, -0.25) is 9.10 Å². The molecule has 4 rings (SSSR count). The Labute approximate surface area is 172 Å². The van der Waals surface area contributed by atoms with Crippen molar-refractivity contribution in [2.45, 2.75) is 4.90 Å². The van der Waals surface area contributed by atoms with Gasteiger partial charge in [0.05, 0.1) is 17.1 Å². The van der Waals surface area contributed by atoms with E-state index in [0.29, 0.717) is 16.8 Å². The Hall–Kier alpha value is -3.52. The highest BCUT2D eigenvalue weighted by Gasteiger charge is 2.34. The Morgan fingerprint density at radius 2 is 1.77 bits per heavy atom. The maximum absolute atomic E-state index is 13.4. The second kappa shape index (κ2) is 7.38. The van der Waals surface area contributed by atoms with E-state index in [-0.39, 0.29) is 22.7 Å². The van der Waals surface area contributed by atoms with E-state index in [1.54, 1.807) is 30.3 Å². The maximum atomic E-state index is 13.4. The predicted molar refractivity (Wildman–Crippen MR) is 111 cm³/mol. The van der Waals surface area contributed by atoms with Gasteiger partial charge >= 0.3 is 0 Å². The number of nitrogens with one attached hydrogen (secondary N) is 1. The van der Waals surface area contributed by atoms with Crippen LogP contribution in [0.2, 0.25) is 0 Å². The third kappa shape index (κ3) is 3.25. The molecule has 0 saturated carbocycles. The Balaban J connectivity index is 1.78. The molecule has 8 heteroatoms. The van der Waals surface area contributed by atoms with Crippen molar-refractivity contribution >= 4 is 27.3 Å². The van der Waals surface area contributed by atoms with Gasteiger partial charge in [-0.1, -0.05) is 24.3 Å². The fourth-order valence-corrected chi connectivity index (χ4v) is 5.03. The van der Waals surface area contributed by atoms with E-state index in [2.05, 4.69) is 11.9 Å². The number of anilines is 2. The van der Waals surface area contributed by atoms with Crippen LogP contribution >= 0.6 is 0 Å². The van der Waals surface area contributed by atoms with Crippen LogP contribution in [-0.4, -0.2) is 20.9 Å². The number of hydrogen-bond donors (Lipinski definition) is 1. The molecule has 5 nitrogen and oxygen atoms in total. The maximum Gasteiger partial charge on any atom is 0.265 e. The number of benzene rings is 3. The number of carbonyl (C=O) groups is 1. The first-order chi connectivity index (χ1) is 14.3. The summed E-state index contributed by atoms with van der Waals surface area (Å²) in [6.45, 7) is 3.70. The monoisotopic (exact) mass is 426 g/mol. The number of carbonyl (C=O) groups excluding carboxylic acids is 1. The van der Waals surface area contributed by atoms with E-state index in [0.717, 1.165) is 12.1 Å². The van der Waals surface area contributed by atoms with Gasteiger partial charge in [-0.2, -0.15) is 0 Å². The third-order valence-corrected chi connectivity index (χ3v) is 6.58. The van der Waals surface area contributed by atoms with Crippen molar-refractivity contribution in [1.82, 2.24) is 0 Å². The summed E-state index contributed by atoms with van der Waals surface area (Å²) in [4.78, 5) is 12.8. The lowest BCUT2D eigenvalue weighted by molar-refractivity contribution is 0.102. The lowest BCUT2D eigenvalue weighted by Gasteiger charge is -2.31. The van der Waals surface area contributed by atoms with Gasteiger partial charge in [-0.15, -0.1) is 6.58 Å². The average Bonchev–Trinajstić information content (AvgIpc) is 2.73. The standard InChI is InChI=1S/C22H16F2N2O3S/c1-2-11-26-20-10-7-14(22(27)25-15-8-9-18(23)19(24)13-15)12-17(20)16-5-3-4-6-21(16)30(26,28)29/h2-10,12-13H,1,11H2,(H,25,27). The van der Waals surface area contributed by atoms with E-state index in [9.17, 15) is 22.0 Å². The molecule has 0 spiro atoms. The van der Waals surface area contributed by atoms with E-state index in [4.69, 9.17) is 0 Å². The highest BCUT2D eigenvalue weighted by Crippen LogP contribution is 2.43. The summed E-state index contributed by atoms with van der Waals surface area (Å²) < 4.78 is 53.8.